The minimum Gasteiger partial charge on any atom is -0.341 e. The van der Waals surface area contributed by atoms with E-state index < -0.39 is 5.92 Å². The van der Waals surface area contributed by atoms with Gasteiger partial charge in [0.25, 0.3) is 0 Å². The summed E-state index contributed by atoms with van der Waals surface area (Å²) in [5, 5.41) is 2.80. The molecule has 0 saturated carbocycles. The maximum Gasteiger partial charge on any atom is 0.229 e. The van der Waals surface area contributed by atoms with Crippen molar-refractivity contribution in [3.63, 3.8) is 0 Å². The van der Waals surface area contributed by atoms with Gasteiger partial charge in [0, 0.05) is 31.7 Å². The predicted molar refractivity (Wildman–Crippen MR) is 108 cm³/mol. The average molecular weight is 397 g/mol. The second-order valence-corrected chi connectivity index (χ2v) is 7.81. The number of carbonyl (C=O) groups is 2. The quantitative estimate of drug-likeness (QED) is 0.858. The third-order valence-electron chi connectivity index (χ3n) is 5.61. The van der Waals surface area contributed by atoms with E-state index >= 15 is 0 Å². The van der Waals surface area contributed by atoms with E-state index in [-0.39, 0.29) is 30.6 Å². The highest BCUT2D eigenvalue weighted by atomic mass is 19.1. The molecule has 2 aliphatic heterocycles. The lowest BCUT2D eigenvalue weighted by molar-refractivity contribution is -0.122. The number of piperidine rings is 1. The van der Waals surface area contributed by atoms with E-state index in [0.717, 1.165) is 31.8 Å². The Bertz CT molecular complexity index is 879. The third-order valence-corrected chi connectivity index (χ3v) is 5.61. The Hall–Kier alpha value is -3.03. The molecular formula is C21H24FN5O2. The minimum absolute atomic E-state index is 0.119. The molecule has 7 nitrogen and oxygen atoms in total. The second kappa shape index (κ2) is 8.14. The number of benzene rings is 1. The molecule has 152 valence electrons. The summed E-state index contributed by atoms with van der Waals surface area (Å²) in [6, 6.07) is 5.69. The molecule has 0 radical (unpaired) electrons. The van der Waals surface area contributed by atoms with E-state index in [0.29, 0.717) is 17.3 Å². The number of hydrogen-bond acceptors (Lipinski definition) is 5. The third kappa shape index (κ3) is 4.36. The summed E-state index contributed by atoms with van der Waals surface area (Å²) in [6.07, 6.45) is 5.58. The fraction of sp³-hybridized carbons (Fsp3) is 0.429. The zero-order valence-electron chi connectivity index (χ0n) is 16.3. The van der Waals surface area contributed by atoms with Gasteiger partial charge in [0.05, 0.1) is 24.0 Å². The number of nitrogens with one attached hydrogen (secondary N) is 1. The Morgan fingerprint density at radius 1 is 1.14 bits per heavy atom. The van der Waals surface area contributed by atoms with Crippen molar-refractivity contribution in [2.45, 2.75) is 26.2 Å². The highest BCUT2D eigenvalue weighted by Crippen LogP contribution is 2.26. The Morgan fingerprint density at radius 2 is 1.79 bits per heavy atom. The molecule has 2 saturated heterocycles. The van der Waals surface area contributed by atoms with E-state index in [1.54, 1.807) is 24.5 Å². The van der Waals surface area contributed by atoms with Crippen LogP contribution in [0.15, 0.2) is 36.7 Å². The summed E-state index contributed by atoms with van der Waals surface area (Å²) in [4.78, 5) is 37.3. The normalized spacial score (nSPS) is 20.2. The average Bonchev–Trinajstić information content (AvgIpc) is 3.12. The summed E-state index contributed by atoms with van der Waals surface area (Å²) in [6.45, 7) is 4.40. The van der Waals surface area contributed by atoms with Gasteiger partial charge < -0.3 is 15.1 Å². The van der Waals surface area contributed by atoms with Gasteiger partial charge in [-0.1, -0.05) is 6.92 Å². The number of halogens is 1. The van der Waals surface area contributed by atoms with Gasteiger partial charge in [0.2, 0.25) is 17.8 Å². The van der Waals surface area contributed by atoms with Crippen LogP contribution in [0, 0.1) is 17.7 Å². The zero-order chi connectivity index (χ0) is 20.4. The number of nitrogens with zero attached hydrogens (tertiary/aromatic N) is 4. The molecule has 1 N–H and O–H groups in total. The van der Waals surface area contributed by atoms with Crippen LogP contribution in [0.3, 0.4) is 0 Å². The first-order valence-electron chi connectivity index (χ1n) is 9.93. The van der Waals surface area contributed by atoms with Crippen molar-refractivity contribution in [1.29, 1.82) is 0 Å². The van der Waals surface area contributed by atoms with Crippen LogP contribution in [0.1, 0.15) is 26.2 Å². The van der Waals surface area contributed by atoms with Crippen molar-refractivity contribution in [1.82, 2.24) is 9.97 Å². The molecule has 1 aromatic carbocycles. The van der Waals surface area contributed by atoms with Gasteiger partial charge in [0.1, 0.15) is 5.82 Å². The van der Waals surface area contributed by atoms with Crippen LogP contribution < -0.4 is 15.1 Å². The van der Waals surface area contributed by atoms with Crippen molar-refractivity contribution < 1.29 is 14.0 Å². The van der Waals surface area contributed by atoms with Crippen LogP contribution >= 0.6 is 0 Å². The van der Waals surface area contributed by atoms with E-state index in [4.69, 9.17) is 0 Å². The summed E-state index contributed by atoms with van der Waals surface area (Å²) in [5.41, 5.74) is 1.10. The molecular weight excluding hydrogens is 373 g/mol. The number of hydrogen-bond donors (Lipinski definition) is 1. The molecule has 1 aromatic heterocycles. The van der Waals surface area contributed by atoms with Crippen molar-refractivity contribution in [3.05, 3.63) is 42.5 Å². The Labute approximate surface area is 168 Å². The number of carbonyl (C=O) groups excluding carboxylic acids is 2. The Kier molecular flexibility index (Phi) is 5.42. The van der Waals surface area contributed by atoms with Gasteiger partial charge in [-0.2, -0.15) is 0 Å². The zero-order valence-corrected chi connectivity index (χ0v) is 16.3. The summed E-state index contributed by atoms with van der Waals surface area (Å²) < 4.78 is 13.1. The van der Waals surface area contributed by atoms with Crippen molar-refractivity contribution >= 4 is 29.1 Å². The van der Waals surface area contributed by atoms with Crippen LogP contribution in [-0.4, -0.2) is 41.4 Å². The van der Waals surface area contributed by atoms with Crippen LogP contribution in [-0.2, 0) is 9.59 Å². The molecule has 8 heteroatoms. The van der Waals surface area contributed by atoms with Gasteiger partial charge in [-0.3, -0.25) is 9.59 Å². The van der Waals surface area contributed by atoms with Gasteiger partial charge >= 0.3 is 0 Å². The lowest BCUT2D eigenvalue weighted by atomic mass is 10.00. The summed E-state index contributed by atoms with van der Waals surface area (Å²) in [7, 11) is 0. The predicted octanol–water partition coefficient (Wildman–Crippen LogP) is 2.84. The number of amides is 2. The molecule has 0 spiro atoms. The topological polar surface area (TPSA) is 78.4 Å². The molecule has 0 aliphatic carbocycles. The first-order chi connectivity index (χ1) is 14.0. The van der Waals surface area contributed by atoms with Gasteiger partial charge in [-0.15, -0.1) is 0 Å². The molecule has 2 aromatic rings. The summed E-state index contributed by atoms with van der Waals surface area (Å²) in [5.74, 6) is 0.170. The van der Waals surface area contributed by atoms with Gasteiger partial charge in [-0.05, 0) is 43.0 Å². The van der Waals surface area contributed by atoms with Crippen LogP contribution in [0.2, 0.25) is 0 Å². The smallest absolute Gasteiger partial charge is 0.229 e. The van der Waals surface area contributed by atoms with Crippen molar-refractivity contribution in [3.8, 4) is 0 Å². The maximum atomic E-state index is 13.1. The largest absolute Gasteiger partial charge is 0.341 e. The lowest BCUT2D eigenvalue weighted by Crippen LogP contribution is -2.34. The number of anilines is 3. The van der Waals surface area contributed by atoms with Gasteiger partial charge in [-0.25, -0.2) is 14.4 Å². The second-order valence-electron chi connectivity index (χ2n) is 7.81. The maximum absolute atomic E-state index is 13.1. The van der Waals surface area contributed by atoms with Crippen LogP contribution in [0.4, 0.5) is 21.7 Å². The molecule has 29 heavy (non-hydrogen) atoms. The van der Waals surface area contributed by atoms with E-state index in [1.165, 1.54) is 17.0 Å². The SMILES string of the molecule is CC1CCN(c2ncc(NC(=O)C3CC(=O)N(c4ccc(F)cc4)C3)cn2)CC1. The fourth-order valence-electron chi connectivity index (χ4n) is 3.76. The van der Waals surface area contributed by atoms with E-state index in [1.807, 2.05) is 0 Å². The minimum atomic E-state index is -0.476. The molecule has 1 atom stereocenters. The monoisotopic (exact) mass is 397 g/mol. The highest BCUT2D eigenvalue weighted by Gasteiger charge is 2.35. The Morgan fingerprint density at radius 3 is 2.45 bits per heavy atom. The van der Waals surface area contributed by atoms with E-state index in [2.05, 4.69) is 27.1 Å². The lowest BCUT2D eigenvalue weighted by Gasteiger charge is -2.30. The van der Waals surface area contributed by atoms with E-state index in [9.17, 15) is 14.0 Å². The molecule has 2 aliphatic rings. The highest BCUT2D eigenvalue weighted by molar-refractivity contribution is 6.03. The molecule has 1 unspecified atom stereocenters. The molecule has 2 fully saturated rings. The standard InChI is InChI=1S/C21H24FN5O2/c1-14-6-8-26(9-7-14)21-23-11-17(12-24-21)25-20(29)15-10-19(28)27(13-15)18-4-2-16(22)3-5-18/h2-5,11-12,14-15H,6-10,13H2,1H3,(H,25,29). The van der Waals surface area contributed by atoms with Crippen LogP contribution in [0.5, 0.6) is 0 Å². The first kappa shape index (κ1) is 19.3. The number of aromatic nitrogens is 2. The fourth-order valence-corrected chi connectivity index (χ4v) is 3.76. The first-order valence-corrected chi connectivity index (χ1v) is 9.93. The molecule has 2 amide bonds. The molecule has 0 bridgehead atoms. The molecule has 3 heterocycles. The molecule has 4 rings (SSSR count). The van der Waals surface area contributed by atoms with Crippen molar-refractivity contribution in [2.24, 2.45) is 11.8 Å². The summed E-state index contributed by atoms with van der Waals surface area (Å²) >= 11 is 0. The van der Waals surface area contributed by atoms with Gasteiger partial charge in [0.15, 0.2) is 0 Å². The van der Waals surface area contributed by atoms with Crippen LogP contribution in [0.25, 0.3) is 0 Å². The Balaban J connectivity index is 1.35. The number of rotatable bonds is 4. The van der Waals surface area contributed by atoms with Crippen molar-refractivity contribution in [2.75, 3.05) is 34.8 Å².